The van der Waals surface area contributed by atoms with E-state index in [4.69, 9.17) is 28.4 Å². The standard InChI is InChI=1S/C26H26O12/c1-13(27)34-20-8-7-18(22(12-20)35-14(2)28)9-21(32)25(38-17(5)31)19-10-23(36-15(3)29)26(33-6)24(11-19)37-16(4)30/h7-8,10-12,25H,9H2,1-6H3. The summed E-state index contributed by atoms with van der Waals surface area (Å²) in [7, 11) is 1.25. The zero-order valence-corrected chi connectivity index (χ0v) is 21.6. The Hall–Kier alpha value is -4.74. The molecule has 0 spiro atoms. The molecule has 2 rings (SSSR count). The summed E-state index contributed by atoms with van der Waals surface area (Å²) in [5.41, 5.74) is 0.219. The van der Waals surface area contributed by atoms with Crippen LogP contribution < -0.4 is 23.7 Å². The first kappa shape index (κ1) is 29.5. The Morgan fingerprint density at radius 2 is 1.16 bits per heavy atom. The number of ketones is 1. The molecule has 0 saturated heterocycles. The van der Waals surface area contributed by atoms with Gasteiger partial charge in [-0.2, -0.15) is 0 Å². The monoisotopic (exact) mass is 530 g/mol. The van der Waals surface area contributed by atoms with Gasteiger partial charge in [-0.3, -0.25) is 28.8 Å². The van der Waals surface area contributed by atoms with Gasteiger partial charge in [0.25, 0.3) is 0 Å². The number of carbonyl (C=O) groups is 6. The van der Waals surface area contributed by atoms with E-state index in [1.165, 1.54) is 44.4 Å². The van der Waals surface area contributed by atoms with Crippen molar-refractivity contribution >= 4 is 35.6 Å². The van der Waals surface area contributed by atoms with Crippen LogP contribution in [0.1, 0.15) is 51.8 Å². The first-order chi connectivity index (χ1) is 17.8. The smallest absolute Gasteiger partial charge is 0.308 e. The highest BCUT2D eigenvalue weighted by molar-refractivity contribution is 5.89. The Labute approximate surface area is 217 Å². The molecule has 0 aliphatic rings. The Balaban J connectivity index is 2.59. The van der Waals surface area contributed by atoms with E-state index in [2.05, 4.69) is 0 Å². The zero-order valence-electron chi connectivity index (χ0n) is 21.6. The van der Waals surface area contributed by atoms with Crippen LogP contribution in [0.5, 0.6) is 28.7 Å². The molecule has 1 unspecified atom stereocenters. The number of rotatable bonds is 10. The SMILES string of the molecule is COc1c(OC(C)=O)cc(C(OC(C)=O)C(=O)Cc2ccc(OC(C)=O)cc2OC(C)=O)cc1OC(C)=O. The summed E-state index contributed by atoms with van der Waals surface area (Å²) in [5.74, 6) is -4.72. The van der Waals surface area contributed by atoms with Crippen molar-refractivity contribution in [1.82, 2.24) is 0 Å². The lowest BCUT2D eigenvalue weighted by molar-refractivity contribution is -0.153. The maximum absolute atomic E-state index is 13.4. The third kappa shape index (κ3) is 8.43. The molecule has 0 N–H and O–H groups in total. The van der Waals surface area contributed by atoms with Crippen molar-refractivity contribution < 1.29 is 57.2 Å². The van der Waals surface area contributed by atoms with Crippen molar-refractivity contribution in [1.29, 1.82) is 0 Å². The lowest BCUT2D eigenvalue weighted by Gasteiger charge is -2.20. The predicted octanol–water partition coefficient (Wildman–Crippen LogP) is 2.81. The molecule has 0 aliphatic heterocycles. The second-order valence-corrected chi connectivity index (χ2v) is 7.83. The molecule has 2 aromatic carbocycles. The van der Waals surface area contributed by atoms with Crippen molar-refractivity contribution in [3.05, 3.63) is 41.5 Å². The minimum absolute atomic E-state index is 0.00377. The van der Waals surface area contributed by atoms with Crippen molar-refractivity contribution in [2.45, 2.75) is 47.1 Å². The molecule has 1 atom stereocenters. The summed E-state index contributed by atoms with van der Waals surface area (Å²) < 4.78 is 31.0. The number of ether oxygens (including phenoxy) is 6. The van der Waals surface area contributed by atoms with Gasteiger partial charge in [-0.1, -0.05) is 6.07 Å². The fourth-order valence-corrected chi connectivity index (χ4v) is 3.34. The first-order valence-corrected chi connectivity index (χ1v) is 11.1. The van der Waals surface area contributed by atoms with Gasteiger partial charge in [0.15, 0.2) is 23.4 Å². The number of methoxy groups -OCH3 is 1. The van der Waals surface area contributed by atoms with E-state index >= 15 is 0 Å². The fourth-order valence-electron chi connectivity index (χ4n) is 3.34. The molecule has 0 aliphatic carbocycles. The summed E-state index contributed by atoms with van der Waals surface area (Å²) in [5, 5.41) is 0. The van der Waals surface area contributed by atoms with E-state index in [1.807, 2.05) is 0 Å². The van der Waals surface area contributed by atoms with E-state index in [1.54, 1.807) is 0 Å². The van der Waals surface area contributed by atoms with Gasteiger partial charge in [-0.25, -0.2) is 0 Å². The fraction of sp³-hybridized carbons (Fsp3) is 0.308. The molecule has 0 fully saturated rings. The molecular formula is C26H26O12. The summed E-state index contributed by atoms with van der Waals surface area (Å²) in [6.45, 7) is 5.68. The lowest BCUT2D eigenvalue weighted by atomic mass is 9.98. The van der Waals surface area contributed by atoms with Gasteiger partial charge in [0.2, 0.25) is 5.75 Å². The largest absolute Gasteiger partial charge is 0.490 e. The van der Waals surface area contributed by atoms with Gasteiger partial charge < -0.3 is 28.4 Å². The molecule has 12 nitrogen and oxygen atoms in total. The highest BCUT2D eigenvalue weighted by Crippen LogP contribution is 2.41. The number of hydrogen-bond acceptors (Lipinski definition) is 12. The molecule has 202 valence electrons. The van der Waals surface area contributed by atoms with Crippen LogP contribution in [0, 0.1) is 0 Å². The average molecular weight is 530 g/mol. The molecule has 0 saturated carbocycles. The maximum Gasteiger partial charge on any atom is 0.308 e. The van der Waals surface area contributed by atoms with E-state index in [0.29, 0.717) is 0 Å². The van der Waals surface area contributed by atoms with Gasteiger partial charge in [0.1, 0.15) is 11.5 Å². The number of Topliss-reactive ketones (excluding diaryl/α,β-unsaturated/α-hetero) is 1. The second kappa shape index (κ2) is 13.0. The van der Waals surface area contributed by atoms with Crippen LogP contribution in [-0.2, 0) is 39.9 Å². The van der Waals surface area contributed by atoms with E-state index in [-0.39, 0.29) is 39.9 Å². The van der Waals surface area contributed by atoms with Crippen LogP contribution in [-0.4, -0.2) is 42.7 Å². The highest BCUT2D eigenvalue weighted by atomic mass is 16.6. The minimum Gasteiger partial charge on any atom is -0.490 e. The predicted molar refractivity (Wildman–Crippen MR) is 128 cm³/mol. The zero-order chi connectivity index (χ0) is 28.6. The van der Waals surface area contributed by atoms with E-state index in [9.17, 15) is 28.8 Å². The summed E-state index contributed by atoms with van der Waals surface area (Å²) >= 11 is 0. The molecule has 0 radical (unpaired) electrons. The molecule has 38 heavy (non-hydrogen) atoms. The quantitative estimate of drug-likeness (QED) is 0.327. The second-order valence-electron chi connectivity index (χ2n) is 7.83. The van der Waals surface area contributed by atoms with Crippen LogP contribution in [0.25, 0.3) is 0 Å². The maximum atomic E-state index is 13.4. The molecular weight excluding hydrogens is 504 g/mol. The molecule has 0 bridgehead atoms. The molecule has 12 heteroatoms. The Bertz CT molecular complexity index is 1240. The Morgan fingerprint density at radius 1 is 0.658 bits per heavy atom. The van der Waals surface area contributed by atoms with Gasteiger partial charge in [-0.05, 0) is 18.2 Å². The third-order valence-corrected chi connectivity index (χ3v) is 4.55. The minimum atomic E-state index is -1.56. The van der Waals surface area contributed by atoms with Gasteiger partial charge in [0, 0.05) is 58.2 Å². The molecule has 2 aromatic rings. The first-order valence-electron chi connectivity index (χ1n) is 11.1. The number of carbonyl (C=O) groups excluding carboxylic acids is 6. The van der Waals surface area contributed by atoms with Gasteiger partial charge in [0.05, 0.1) is 7.11 Å². The van der Waals surface area contributed by atoms with E-state index in [0.717, 1.165) is 27.7 Å². The third-order valence-electron chi connectivity index (χ3n) is 4.55. The highest BCUT2D eigenvalue weighted by Gasteiger charge is 2.29. The number of benzene rings is 2. The van der Waals surface area contributed by atoms with Crippen LogP contribution in [0.2, 0.25) is 0 Å². The van der Waals surface area contributed by atoms with Crippen LogP contribution in [0.4, 0.5) is 0 Å². The Morgan fingerprint density at radius 3 is 1.61 bits per heavy atom. The number of esters is 5. The molecule has 0 amide bonds. The van der Waals surface area contributed by atoms with Gasteiger partial charge >= 0.3 is 29.8 Å². The number of hydrogen-bond donors (Lipinski definition) is 0. The van der Waals surface area contributed by atoms with Gasteiger partial charge in [-0.15, -0.1) is 0 Å². The van der Waals surface area contributed by atoms with Crippen molar-refractivity contribution in [3.63, 3.8) is 0 Å². The lowest BCUT2D eigenvalue weighted by Crippen LogP contribution is -2.21. The van der Waals surface area contributed by atoms with E-state index < -0.39 is 48.2 Å². The van der Waals surface area contributed by atoms with Crippen molar-refractivity contribution in [3.8, 4) is 28.7 Å². The Kier molecular flexibility index (Phi) is 10.1. The van der Waals surface area contributed by atoms with Crippen LogP contribution in [0.15, 0.2) is 30.3 Å². The normalized spacial score (nSPS) is 11.0. The molecule has 0 aromatic heterocycles. The summed E-state index contributed by atoms with van der Waals surface area (Å²) in [6.07, 6.45) is -1.96. The average Bonchev–Trinajstić information content (AvgIpc) is 2.77. The van der Waals surface area contributed by atoms with Crippen LogP contribution in [0.3, 0.4) is 0 Å². The topological polar surface area (TPSA) is 158 Å². The van der Waals surface area contributed by atoms with Crippen LogP contribution >= 0.6 is 0 Å². The van der Waals surface area contributed by atoms with Crippen molar-refractivity contribution in [2.24, 2.45) is 0 Å². The summed E-state index contributed by atoms with van der Waals surface area (Å²) in [6, 6.07) is 6.52. The molecule has 0 heterocycles. The summed E-state index contributed by atoms with van der Waals surface area (Å²) in [4.78, 5) is 71.5. The van der Waals surface area contributed by atoms with Crippen molar-refractivity contribution in [2.75, 3.05) is 7.11 Å².